The number of methoxy groups -OCH3 is 1. The summed E-state index contributed by atoms with van der Waals surface area (Å²) >= 11 is 0. The van der Waals surface area contributed by atoms with Crippen molar-refractivity contribution < 1.29 is 9.84 Å². The van der Waals surface area contributed by atoms with Crippen molar-refractivity contribution in [3.63, 3.8) is 0 Å². The first-order valence-electron chi connectivity index (χ1n) is 8.01. The molecule has 0 aromatic heterocycles. The smallest absolute Gasteiger partial charge is 0.118 e. The molecule has 3 atom stereocenters. The van der Waals surface area contributed by atoms with Crippen LogP contribution in [-0.2, 0) is 0 Å². The molecule has 1 aromatic carbocycles. The van der Waals surface area contributed by atoms with E-state index in [1.165, 1.54) is 0 Å². The molecule has 1 aliphatic heterocycles. The van der Waals surface area contributed by atoms with Crippen LogP contribution in [0.3, 0.4) is 0 Å². The summed E-state index contributed by atoms with van der Waals surface area (Å²) in [7, 11) is 3.79. The predicted octanol–water partition coefficient (Wildman–Crippen LogP) is 2.60. The van der Waals surface area contributed by atoms with E-state index < -0.39 is 5.60 Å². The summed E-state index contributed by atoms with van der Waals surface area (Å²) in [5, 5.41) is 10.9. The average molecular weight is 304 g/mol. The van der Waals surface area contributed by atoms with Crippen LogP contribution >= 0.6 is 0 Å². The summed E-state index contributed by atoms with van der Waals surface area (Å²) < 4.78 is 5.14. The number of hydrogen-bond donors (Lipinski definition) is 1. The van der Waals surface area contributed by atoms with Gasteiger partial charge in [0.1, 0.15) is 5.75 Å². The van der Waals surface area contributed by atoms with Crippen LogP contribution in [0.1, 0.15) is 32.3 Å². The van der Waals surface area contributed by atoms with E-state index >= 15 is 0 Å². The van der Waals surface area contributed by atoms with E-state index in [1.54, 1.807) is 7.11 Å². The van der Waals surface area contributed by atoms with Crippen molar-refractivity contribution in [2.24, 2.45) is 10.9 Å². The van der Waals surface area contributed by atoms with E-state index in [9.17, 15) is 5.11 Å². The molecule has 1 aliphatic rings. The first-order chi connectivity index (χ1) is 10.4. The summed E-state index contributed by atoms with van der Waals surface area (Å²) in [6, 6.07) is 8.24. The van der Waals surface area contributed by atoms with E-state index in [1.807, 2.05) is 30.5 Å². The normalized spacial score (nSPS) is 29.9. The van der Waals surface area contributed by atoms with E-state index in [4.69, 9.17) is 4.74 Å². The van der Waals surface area contributed by atoms with Crippen molar-refractivity contribution >= 4 is 6.21 Å². The van der Waals surface area contributed by atoms with Gasteiger partial charge < -0.3 is 14.7 Å². The summed E-state index contributed by atoms with van der Waals surface area (Å²) in [6.07, 6.45) is 3.41. The third-order valence-electron chi connectivity index (χ3n) is 4.91. The van der Waals surface area contributed by atoms with Crippen LogP contribution in [0, 0.1) is 5.92 Å². The fourth-order valence-electron chi connectivity index (χ4n) is 3.12. The van der Waals surface area contributed by atoms with Crippen molar-refractivity contribution in [1.82, 2.24) is 4.90 Å². The summed E-state index contributed by atoms with van der Waals surface area (Å²) in [6.45, 7) is 5.91. The Kier molecular flexibility index (Phi) is 5.59. The molecular formula is C18H28N2O2. The molecule has 0 radical (unpaired) electrons. The van der Waals surface area contributed by atoms with Crippen molar-refractivity contribution in [1.29, 1.82) is 0 Å². The van der Waals surface area contributed by atoms with Crippen molar-refractivity contribution in [2.75, 3.05) is 27.2 Å². The molecule has 0 bridgehead atoms. The van der Waals surface area contributed by atoms with Crippen LogP contribution in [0.25, 0.3) is 0 Å². The third kappa shape index (κ3) is 4.08. The summed E-state index contributed by atoms with van der Waals surface area (Å²) in [5.74, 6) is 1.13. The van der Waals surface area contributed by atoms with Gasteiger partial charge in [-0.3, -0.25) is 4.99 Å². The minimum Gasteiger partial charge on any atom is -0.497 e. The van der Waals surface area contributed by atoms with E-state index in [-0.39, 0.29) is 5.92 Å². The summed E-state index contributed by atoms with van der Waals surface area (Å²) in [5.41, 5.74) is 0.459. The lowest BCUT2D eigenvalue weighted by Crippen LogP contribution is -2.53. The monoisotopic (exact) mass is 304 g/mol. The lowest BCUT2D eigenvalue weighted by Gasteiger charge is -2.45. The Bertz CT molecular complexity index is 500. The zero-order valence-corrected chi connectivity index (χ0v) is 14.1. The van der Waals surface area contributed by atoms with Crippen molar-refractivity contribution in [2.45, 2.75) is 38.3 Å². The predicted molar refractivity (Wildman–Crippen MR) is 90.9 cm³/mol. The highest BCUT2D eigenvalue weighted by Gasteiger charge is 2.40. The highest BCUT2D eigenvalue weighted by molar-refractivity contribution is 5.79. The molecule has 2 rings (SSSR count). The SMILES string of the molecule is COc1ccc(C=NCC[C@@]2(O)C[C@H](C)N(C)C[C@@H]2C)cc1. The lowest BCUT2D eigenvalue weighted by atomic mass is 9.77. The van der Waals surface area contributed by atoms with Gasteiger partial charge in [0.2, 0.25) is 0 Å². The molecule has 0 spiro atoms. The lowest BCUT2D eigenvalue weighted by molar-refractivity contribution is -0.0818. The van der Waals surface area contributed by atoms with Gasteiger partial charge in [-0.2, -0.15) is 0 Å². The number of aliphatic imine (C=N–C) groups is 1. The van der Waals surface area contributed by atoms with Gasteiger partial charge in [0.15, 0.2) is 0 Å². The van der Waals surface area contributed by atoms with Gasteiger partial charge in [0.05, 0.1) is 12.7 Å². The largest absolute Gasteiger partial charge is 0.497 e. The fourth-order valence-corrected chi connectivity index (χ4v) is 3.12. The average Bonchev–Trinajstić information content (AvgIpc) is 2.50. The van der Waals surface area contributed by atoms with Crippen LogP contribution < -0.4 is 4.74 Å². The highest BCUT2D eigenvalue weighted by atomic mass is 16.5. The summed E-state index contributed by atoms with van der Waals surface area (Å²) in [4.78, 5) is 6.79. The Morgan fingerprint density at radius 2 is 2.05 bits per heavy atom. The van der Waals surface area contributed by atoms with E-state index in [0.717, 1.165) is 30.7 Å². The van der Waals surface area contributed by atoms with Gasteiger partial charge in [0, 0.05) is 25.3 Å². The molecule has 0 saturated carbocycles. The number of likely N-dealkylation sites (tertiary alicyclic amines) is 1. The molecule has 1 aromatic rings. The van der Waals surface area contributed by atoms with Crippen molar-refractivity contribution in [3.05, 3.63) is 29.8 Å². The van der Waals surface area contributed by atoms with Gasteiger partial charge in [-0.1, -0.05) is 6.92 Å². The minimum absolute atomic E-state index is 0.282. The van der Waals surface area contributed by atoms with Gasteiger partial charge in [-0.05, 0) is 62.6 Å². The molecule has 1 heterocycles. The molecule has 22 heavy (non-hydrogen) atoms. The molecule has 0 unspecified atom stereocenters. The maximum atomic E-state index is 10.9. The second-order valence-electron chi connectivity index (χ2n) is 6.56. The molecule has 4 heteroatoms. The molecule has 1 fully saturated rings. The zero-order valence-electron chi connectivity index (χ0n) is 14.1. The molecule has 0 aliphatic carbocycles. The van der Waals surface area contributed by atoms with Crippen molar-refractivity contribution in [3.8, 4) is 5.75 Å². The Morgan fingerprint density at radius 3 is 2.68 bits per heavy atom. The molecule has 4 nitrogen and oxygen atoms in total. The second-order valence-corrected chi connectivity index (χ2v) is 6.56. The molecular weight excluding hydrogens is 276 g/mol. The van der Waals surface area contributed by atoms with Crippen LogP contribution in [-0.4, -0.2) is 55.1 Å². The number of piperidine rings is 1. The number of rotatable bonds is 5. The van der Waals surface area contributed by atoms with Gasteiger partial charge >= 0.3 is 0 Å². The first kappa shape index (κ1) is 17.0. The third-order valence-corrected chi connectivity index (χ3v) is 4.91. The van der Waals surface area contributed by atoms with Gasteiger partial charge in [0.25, 0.3) is 0 Å². The Morgan fingerprint density at radius 1 is 1.36 bits per heavy atom. The first-order valence-corrected chi connectivity index (χ1v) is 8.01. The molecule has 1 saturated heterocycles. The van der Waals surface area contributed by atoms with Crippen LogP contribution in [0.4, 0.5) is 0 Å². The molecule has 122 valence electrons. The number of nitrogens with zero attached hydrogens (tertiary/aromatic N) is 2. The van der Waals surface area contributed by atoms with E-state index in [0.29, 0.717) is 12.6 Å². The Hall–Kier alpha value is -1.39. The number of benzene rings is 1. The van der Waals surface area contributed by atoms with Gasteiger partial charge in [-0.25, -0.2) is 0 Å². The maximum Gasteiger partial charge on any atom is 0.118 e. The van der Waals surface area contributed by atoms with Crippen LogP contribution in [0.2, 0.25) is 0 Å². The second kappa shape index (κ2) is 7.25. The van der Waals surface area contributed by atoms with Crippen LogP contribution in [0.15, 0.2) is 29.3 Å². The zero-order chi connectivity index (χ0) is 16.2. The van der Waals surface area contributed by atoms with Gasteiger partial charge in [-0.15, -0.1) is 0 Å². The maximum absolute atomic E-state index is 10.9. The van der Waals surface area contributed by atoms with E-state index in [2.05, 4.69) is 30.8 Å². The Balaban J connectivity index is 1.87. The quantitative estimate of drug-likeness (QED) is 0.851. The standard InChI is InChI=1S/C18H28N2O2/c1-14-13-20(3)15(2)11-18(14,21)9-10-19-12-16-5-7-17(22-4)8-6-16/h5-8,12,14-15,21H,9-11,13H2,1-4H3/t14-,15-,18+/m0/s1. The van der Waals surface area contributed by atoms with Crippen LogP contribution in [0.5, 0.6) is 5.75 Å². The number of aliphatic hydroxyl groups is 1. The minimum atomic E-state index is -0.594. The number of ether oxygens (including phenoxy) is 1. The molecule has 0 amide bonds. The molecule has 1 N–H and O–H groups in total. The fraction of sp³-hybridized carbons (Fsp3) is 0.611. The number of hydrogen-bond acceptors (Lipinski definition) is 4. The highest BCUT2D eigenvalue weighted by Crippen LogP contribution is 2.33. The topological polar surface area (TPSA) is 45.1 Å². The Labute approximate surface area is 133 Å².